The van der Waals surface area contributed by atoms with E-state index in [9.17, 15) is 10.2 Å². The molecule has 2 N–H and O–H groups in total. The van der Waals surface area contributed by atoms with Gasteiger partial charge in [-0.3, -0.25) is 0 Å². The molecule has 0 fully saturated rings. The van der Waals surface area contributed by atoms with Crippen LogP contribution in [0, 0.1) is 0 Å². The van der Waals surface area contributed by atoms with Crippen LogP contribution < -0.4 is 0 Å². The van der Waals surface area contributed by atoms with Crippen LogP contribution in [0.2, 0.25) is 0 Å². The molecule has 0 bridgehead atoms. The molecule has 0 aliphatic carbocycles. The summed E-state index contributed by atoms with van der Waals surface area (Å²) in [7, 11) is 0. The molecule has 0 amide bonds. The molecule has 0 atom stereocenters. The van der Waals surface area contributed by atoms with Crippen LogP contribution in [0.5, 0.6) is 11.5 Å². The minimum absolute atomic E-state index is 0.337. The second kappa shape index (κ2) is 10.7. The lowest BCUT2D eigenvalue weighted by Gasteiger charge is -2.09. The van der Waals surface area contributed by atoms with Gasteiger partial charge >= 0.3 is 0 Å². The number of hydrogen-bond acceptors (Lipinski definition) is 2. The fraction of sp³-hybridized carbons (Fsp3) is 0.200. The highest BCUT2D eigenvalue weighted by molar-refractivity contribution is 5.71. The highest BCUT2D eigenvalue weighted by Gasteiger charge is 2.07. The Bertz CT molecular complexity index is 1040. The quantitative estimate of drug-likeness (QED) is 0.270. The third-order valence-electron chi connectivity index (χ3n) is 5.97. The molecule has 2 heteroatoms. The topological polar surface area (TPSA) is 40.5 Å². The van der Waals surface area contributed by atoms with Gasteiger partial charge < -0.3 is 10.2 Å². The van der Waals surface area contributed by atoms with Gasteiger partial charge in [0, 0.05) is 11.1 Å². The van der Waals surface area contributed by atoms with Crippen LogP contribution in [-0.2, 0) is 12.8 Å². The molecule has 0 aliphatic heterocycles. The summed E-state index contributed by atoms with van der Waals surface area (Å²) in [4.78, 5) is 0. The van der Waals surface area contributed by atoms with Gasteiger partial charge in [0.25, 0.3) is 0 Å². The van der Waals surface area contributed by atoms with Gasteiger partial charge in [-0.2, -0.15) is 0 Å². The monoisotopic (exact) mass is 422 g/mol. The molecule has 0 aromatic heterocycles. The smallest absolute Gasteiger partial charge is 0.123 e. The first-order valence-corrected chi connectivity index (χ1v) is 11.5. The van der Waals surface area contributed by atoms with Gasteiger partial charge in [0.2, 0.25) is 0 Å². The van der Waals surface area contributed by atoms with Crippen molar-refractivity contribution in [1.82, 2.24) is 0 Å². The summed E-state index contributed by atoms with van der Waals surface area (Å²) in [5, 5.41) is 20.5. The second-order valence-corrected chi connectivity index (χ2v) is 8.35. The largest absolute Gasteiger partial charge is 0.507 e. The van der Waals surface area contributed by atoms with Gasteiger partial charge in [-0.15, -0.1) is 0 Å². The third-order valence-corrected chi connectivity index (χ3v) is 5.97. The highest BCUT2D eigenvalue weighted by Crippen LogP contribution is 2.31. The zero-order valence-corrected chi connectivity index (χ0v) is 18.4. The lowest BCUT2D eigenvalue weighted by Crippen LogP contribution is -1.90. The van der Waals surface area contributed by atoms with E-state index in [1.54, 1.807) is 0 Å². The van der Waals surface area contributed by atoms with Crippen molar-refractivity contribution in [2.24, 2.45) is 0 Å². The Morgan fingerprint density at radius 2 is 0.844 bits per heavy atom. The van der Waals surface area contributed by atoms with E-state index in [-0.39, 0.29) is 0 Å². The SMILES string of the molecule is Oc1ccc(CCCCCCc2ccc(O)c(-c3ccccc3)c2)cc1-c1ccccc1. The molecular weight excluding hydrogens is 392 g/mol. The number of unbranched alkanes of at least 4 members (excludes halogenated alkanes) is 3. The standard InChI is InChI=1S/C30H30O2/c31-29-19-17-23(21-27(29)25-13-7-3-8-14-25)11-5-1-2-6-12-24-18-20-30(32)28(22-24)26-15-9-4-10-16-26/h3-4,7-10,13-22,31-32H,1-2,5-6,11-12H2. The molecule has 162 valence electrons. The molecule has 0 saturated heterocycles. The van der Waals surface area contributed by atoms with Crippen molar-refractivity contribution < 1.29 is 10.2 Å². The number of phenolic OH excluding ortho intramolecular Hbond substituents is 2. The Morgan fingerprint density at radius 3 is 1.25 bits per heavy atom. The Balaban J connectivity index is 1.26. The van der Waals surface area contributed by atoms with Crippen LogP contribution in [0.25, 0.3) is 22.3 Å². The first-order chi connectivity index (χ1) is 15.7. The Hall–Kier alpha value is -3.52. The van der Waals surface area contributed by atoms with E-state index >= 15 is 0 Å². The Kier molecular flexibility index (Phi) is 7.24. The minimum Gasteiger partial charge on any atom is -0.507 e. The van der Waals surface area contributed by atoms with E-state index < -0.39 is 0 Å². The number of aryl methyl sites for hydroxylation is 2. The van der Waals surface area contributed by atoms with Gasteiger partial charge in [-0.05, 0) is 72.2 Å². The normalized spacial score (nSPS) is 10.9. The minimum atomic E-state index is 0.337. The van der Waals surface area contributed by atoms with E-state index in [0.29, 0.717) is 11.5 Å². The zero-order chi connectivity index (χ0) is 22.2. The maximum atomic E-state index is 10.2. The summed E-state index contributed by atoms with van der Waals surface area (Å²) < 4.78 is 0. The maximum absolute atomic E-state index is 10.2. The first kappa shape index (κ1) is 21.7. The fourth-order valence-electron chi connectivity index (χ4n) is 4.19. The second-order valence-electron chi connectivity index (χ2n) is 8.35. The van der Waals surface area contributed by atoms with Crippen LogP contribution in [0.15, 0.2) is 97.1 Å². The lowest BCUT2D eigenvalue weighted by atomic mass is 9.97. The molecule has 0 saturated carbocycles. The van der Waals surface area contributed by atoms with Crippen molar-refractivity contribution in [3.63, 3.8) is 0 Å². The summed E-state index contributed by atoms with van der Waals surface area (Å²) in [6.07, 6.45) is 6.71. The third kappa shape index (κ3) is 5.59. The Morgan fingerprint density at radius 1 is 0.438 bits per heavy atom. The van der Waals surface area contributed by atoms with Crippen molar-refractivity contribution >= 4 is 0 Å². The van der Waals surface area contributed by atoms with Gasteiger partial charge in [0.1, 0.15) is 11.5 Å². The van der Waals surface area contributed by atoms with Gasteiger partial charge in [0.05, 0.1) is 0 Å². The molecule has 2 nitrogen and oxygen atoms in total. The molecular formula is C30H30O2. The van der Waals surface area contributed by atoms with E-state index in [2.05, 4.69) is 12.1 Å². The summed E-state index contributed by atoms with van der Waals surface area (Å²) in [5.41, 5.74) is 6.46. The molecule has 4 aromatic carbocycles. The van der Waals surface area contributed by atoms with Crippen LogP contribution in [0.4, 0.5) is 0 Å². The summed E-state index contributed by atoms with van der Waals surface area (Å²) in [6.45, 7) is 0. The van der Waals surface area contributed by atoms with Gasteiger partial charge in [-0.1, -0.05) is 85.6 Å². The van der Waals surface area contributed by atoms with E-state index in [4.69, 9.17) is 0 Å². The molecule has 0 heterocycles. The van der Waals surface area contributed by atoms with Crippen LogP contribution in [0.1, 0.15) is 36.8 Å². The average molecular weight is 423 g/mol. The molecule has 0 aliphatic rings. The molecule has 0 spiro atoms. The zero-order valence-electron chi connectivity index (χ0n) is 18.4. The van der Waals surface area contributed by atoms with Crippen LogP contribution in [0.3, 0.4) is 0 Å². The Labute approximate surface area is 190 Å². The summed E-state index contributed by atoms with van der Waals surface area (Å²) in [6, 6.07) is 32.0. The molecule has 32 heavy (non-hydrogen) atoms. The molecule has 4 rings (SSSR count). The van der Waals surface area contributed by atoms with Crippen LogP contribution >= 0.6 is 0 Å². The molecule has 4 aromatic rings. The first-order valence-electron chi connectivity index (χ1n) is 11.5. The highest BCUT2D eigenvalue weighted by atomic mass is 16.3. The van der Waals surface area contributed by atoms with Crippen molar-refractivity contribution in [3.05, 3.63) is 108 Å². The van der Waals surface area contributed by atoms with Crippen molar-refractivity contribution in [3.8, 4) is 33.8 Å². The fourth-order valence-corrected chi connectivity index (χ4v) is 4.19. The molecule has 0 radical (unpaired) electrons. The average Bonchev–Trinajstić information content (AvgIpc) is 2.84. The van der Waals surface area contributed by atoms with E-state index in [1.165, 1.54) is 24.0 Å². The predicted molar refractivity (Wildman–Crippen MR) is 133 cm³/mol. The number of aromatic hydroxyl groups is 2. The molecule has 0 unspecified atom stereocenters. The van der Waals surface area contributed by atoms with Gasteiger partial charge in [-0.25, -0.2) is 0 Å². The number of phenols is 2. The van der Waals surface area contributed by atoms with Crippen molar-refractivity contribution in [2.45, 2.75) is 38.5 Å². The maximum Gasteiger partial charge on any atom is 0.123 e. The van der Waals surface area contributed by atoms with Crippen LogP contribution in [-0.4, -0.2) is 10.2 Å². The number of benzene rings is 4. The van der Waals surface area contributed by atoms with Gasteiger partial charge in [0.15, 0.2) is 0 Å². The number of rotatable bonds is 9. The summed E-state index contributed by atoms with van der Waals surface area (Å²) >= 11 is 0. The lowest BCUT2D eigenvalue weighted by molar-refractivity contribution is 0.476. The van der Waals surface area contributed by atoms with E-state index in [1.807, 2.05) is 84.9 Å². The predicted octanol–water partition coefficient (Wildman–Crippen LogP) is 7.78. The van der Waals surface area contributed by atoms with E-state index in [0.717, 1.165) is 47.9 Å². The van der Waals surface area contributed by atoms with Crippen molar-refractivity contribution in [2.75, 3.05) is 0 Å². The summed E-state index contributed by atoms with van der Waals surface area (Å²) in [5.74, 6) is 0.674. The number of hydrogen-bond donors (Lipinski definition) is 2. The van der Waals surface area contributed by atoms with Crippen molar-refractivity contribution in [1.29, 1.82) is 0 Å².